The Kier molecular flexibility index (Phi) is 5.50. The maximum absolute atomic E-state index is 12.5. The fourth-order valence-electron chi connectivity index (χ4n) is 2.42. The molecule has 0 spiro atoms. The van der Waals surface area contributed by atoms with Gasteiger partial charge in [-0.2, -0.15) is 0 Å². The summed E-state index contributed by atoms with van der Waals surface area (Å²) in [6.07, 6.45) is 3.53. The average Bonchev–Trinajstić information content (AvgIpc) is 3.02. The molecule has 2 aromatic rings. The number of carboxylic acids is 1. The highest BCUT2D eigenvalue weighted by Gasteiger charge is 2.40. The number of thiazole rings is 1. The third-order valence-electron chi connectivity index (χ3n) is 3.73. The lowest BCUT2D eigenvalue weighted by Gasteiger charge is -2.29. The molecule has 0 bridgehead atoms. The number of rotatable bonds is 7. The summed E-state index contributed by atoms with van der Waals surface area (Å²) in [5.41, 5.74) is -0.880. The number of carbonyl (C=O) groups excluding carboxylic acids is 1. The normalized spacial score (nSPS) is 13.3. The zero-order chi connectivity index (χ0) is 16.9. The van der Waals surface area contributed by atoms with E-state index in [1.807, 2.05) is 13.0 Å². The minimum atomic E-state index is -1.44. The Morgan fingerprint density at radius 2 is 1.96 bits per heavy atom. The Labute approximate surface area is 139 Å². The van der Waals surface area contributed by atoms with Crippen LogP contribution in [0.3, 0.4) is 0 Å². The average molecular weight is 332 g/mol. The SMILES string of the molecule is CCCc1ncc(C(=O)NC(CC)(C(=O)O)c2ccccc2)s1. The van der Waals surface area contributed by atoms with Gasteiger partial charge in [0.1, 0.15) is 4.88 Å². The summed E-state index contributed by atoms with van der Waals surface area (Å²) in [5.74, 6) is -1.48. The van der Waals surface area contributed by atoms with E-state index < -0.39 is 17.4 Å². The third-order valence-corrected chi connectivity index (χ3v) is 4.79. The van der Waals surface area contributed by atoms with Crippen molar-refractivity contribution in [3.05, 3.63) is 52.0 Å². The van der Waals surface area contributed by atoms with Crippen LogP contribution in [0.5, 0.6) is 0 Å². The van der Waals surface area contributed by atoms with Gasteiger partial charge in [-0.1, -0.05) is 44.2 Å². The Hall–Kier alpha value is -2.21. The molecule has 1 heterocycles. The number of hydrogen-bond acceptors (Lipinski definition) is 4. The van der Waals surface area contributed by atoms with Gasteiger partial charge in [-0.3, -0.25) is 4.79 Å². The molecule has 0 fully saturated rings. The van der Waals surface area contributed by atoms with Gasteiger partial charge in [0.05, 0.1) is 11.2 Å². The van der Waals surface area contributed by atoms with Gasteiger partial charge in [-0.15, -0.1) is 11.3 Å². The Morgan fingerprint density at radius 1 is 1.26 bits per heavy atom. The van der Waals surface area contributed by atoms with Crippen molar-refractivity contribution in [3.63, 3.8) is 0 Å². The molecule has 0 saturated heterocycles. The van der Waals surface area contributed by atoms with Gasteiger partial charge in [0.15, 0.2) is 5.54 Å². The van der Waals surface area contributed by atoms with E-state index in [1.165, 1.54) is 17.5 Å². The van der Waals surface area contributed by atoms with E-state index in [0.717, 1.165) is 17.8 Å². The highest BCUT2D eigenvalue weighted by Crippen LogP contribution is 2.27. The number of aryl methyl sites for hydroxylation is 1. The smallest absolute Gasteiger partial charge is 0.334 e. The lowest BCUT2D eigenvalue weighted by atomic mass is 9.87. The van der Waals surface area contributed by atoms with Crippen molar-refractivity contribution in [2.24, 2.45) is 0 Å². The molecule has 2 rings (SSSR count). The highest BCUT2D eigenvalue weighted by molar-refractivity contribution is 7.13. The van der Waals surface area contributed by atoms with Crippen LogP contribution in [0, 0.1) is 0 Å². The zero-order valence-electron chi connectivity index (χ0n) is 13.2. The summed E-state index contributed by atoms with van der Waals surface area (Å²) in [6, 6.07) is 8.77. The largest absolute Gasteiger partial charge is 0.479 e. The number of amides is 1. The second kappa shape index (κ2) is 7.37. The fraction of sp³-hybridized carbons (Fsp3) is 0.353. The lowest BCUT2D eigenvalue weighted by molar-refractivity contribution is -0.145. The monoisotopic (exact) mass is 332 g/mol. The summed E-state index contributed by atoms with van der Waals surface area (Å²) in [5, 5.41) is 13.3. The molecule has 6 heteroatoms. The van der Waals surface area contributed by atoms with Gasteiger partial charge in [-0.05, 0) is 24.8 Å². The van der Waals surface area contributed by atoms with Crippen LogP contribution in [0.2, 0.25) is 0 Å². The van der Waals surface area contributed by atoms with Crippen LogP contribution in [0.25, 0.3) is 0 Å². The van der Waals surface area contributed by atoms with E-state index in [2.05, 4.69) is 10.3 Å². The number of carbonyl (C=O) groups is 2. The first-order valence-electron chi connectivity index (χ1n) is 7.59. The number of aromatic nitrogens is 1. The van der Waals surface area contributed by atoms with Gasteiger partial charge in [0, 0.05) is 0 Å². The summed E-state index contributed by atoms with van der Waals surface area (Å²) in [6.45, 7) is 3.79. The van der Waals surface area contributed by atoms with Crippen molar-refractivity contribution in [2.45, 2.75) is 38.6 Å². The van der Waals surface area contributed by atoms with Gasteiger partial charge < -0.3 is 10.4 Å². The summed E-state index contributed by atoms with van der Waals surface area (Å²) >= 11 is 1.31. The molecule has 5 nitrogen and oxygen atoms in total. The molecule has 0 radical (unpaired) electrons. The van der Waals surface area contributed by atoms with E-state index in [1.54, 1.807) is 31.2 Å². The van der Waals surface area contributed by atoms with E-state index in [0.29, 0.717) is 10.4 Å². The molecule has 122 valence electrons. The van der Waals surface area contributed by atoms with Crippen molar-refractivity contribution in [3.8, 4) is 0 Å². The molecule has 1 aromatic carbocycles. The lowest BCUT2D eigenvalue weighted by Crippen LogP contribution is -2.51. The fourth-order valence-corrected chi connectivity index (χ4v) is 3.33. The minimum absolute atomic E-state index is 0.249. The number of nitrogens with zero attached hydrogens (tertiary/aromatic N) is 1. The van der Waals surface area contributed by atoms with Crippen LogP contribution in [-0.4, -0.2) is 22.0 Å². The number of carboxylic acid groups (broad SMARTS) is 1. The molecule has 1 unspecified atom stereocenters. The number of aliphatic carboxylic acids is 1. The number of nitrogens with one attached hydrogen (secondary N) is 1. The predicted molar refractivity (Wildman–Crippen MR) is 89.6 cm³/mol. The molecule has 0 aliphatic heterocycles. The van der Waals surface area contributed by atoms with Crippen molar-refractivity contribution in [1.29, 1.82) is 0 Å². The number of benzene rings is 1. The molecular weight excluding hydrogens is 312 g/mol. The van der Waals surface area contributed by atoms with Crippen LogP contribution in [0.15, 0.2) is 36.5 Å². The van der Waals surface area contributed by atoms with Crippen molar-refractivity contribution >= 4 is 23.2 Å². The van der Waals surface area contributed by atoms with E-state index in [9.17, 15) is 14.7 Å². The Bertz CT molecular complexity index is 684. The first kappa shape index (κ1) is 17.1. The third kappa shape index (κ3) is 3.59. The van der Waals surface area contributed by atoms with Gasteiger partial charge >= 0.3 is 5.97 Å². The number of hydrogen-bond donors (Lipinski definition) is 2. The molecule has 1 amide bonds. The first-order chi connectivity index (χ1) is 11.0. The molecular formula is C17H20N2O3S. The van der Waals surface area contributed by atoms with Crippen LogP contribution in [-0.2, 0) is 16.8 Å². The molecule has 0 saturated carbocycles. The molecule has 2 N–H and O–H groups in total. The standard InChI is InChI=1S/C17H20N2O3S/c1-3-8-14-18-11-13(23-14)15(20)19-17(4-2,16(21)22)12-9-6-5-7-10-12/h5-7,9-11H,3-4,8H2,1-2H3,(H,19,20)(H,21,22). The van der Waals surface area contributed by atoms with Crippen LogP contribution in [0.4, 0.5) is 0 Å². The molecule has 1 atom stereocenters. The van der Waals surface area contributed by atoms with Gasteiger partial charge in [-0.25, -0.2) is 9.78 Å². The summed E-state index contributed by atoms with van der Waals surface area (Å²) in [4.78, 5) is 29.1. The predicted octanol–water partition coefficient (Wildman–Crippen LogP) is 3.22. The Balaban J connectivity index is 2.30. The molecule has 1 aromatic heterocycles. The summed E-state index contributed by atoms with van der Waals surface area (Å²) in [7, 11) is 0. The van der Waals surface area contributed by atoms with Crippen LogP contribution < -0.4 is 5.32 Å². The first-order valence-corrected chi connectivity index (χ1v) is 8.41. The molecule has 0 aliphatic carbocycles. The molecule has 0 aliphatic rings. The van der Waals surface area contributed by atoms with Crippen molar-refractivity contribution in [1.82, 2.24) is 10.3 Å². The summed E-state index contributed by atoms with van der Waals surface area (Å²) < 4.78 is 0. The quantitative estimate of drug-likeness (QED) is 0.816. The minimum Gasteiger partial charge on any atom is -0.479 e. The highest BCUT2D eigenvalue weighted by atomic mass is 32.1. The van der Waals surface area contributed by atoms with E-state index >= 15 is 0 Å². The second-order valence-corrected chi connectivity index (χ2v) is 6.37. The van der Waals surface area contributed by atoms with Gasteiger partial charge in [0.25, 0.3) is 5.91 Å². The maximum atomic E-state index is 12.5. The van der Waals surface area contributed by atoms with Gasteiger partial charge in [0.2, 0.25) is 0 Å². The van der Waals surface area contributed by atoms with Crippen LogP contribution in [0.1, 0.15) is 46.9 Å². The zero-order valence-corrected chi connectivity index (χ0v) is 14.0. The van der Waals surface area contributed by atoms with E-state index in [4.69, 9.17) is 0 Å². The topological polar surface area (TPSA) is 79.3 Å². The van der Waals surface area contributed by atoms with Crippen molar-refractivity contribution in [2.75, 3.05) is 0 Å². The maximum Gasteiger partial charge on any atom is 0.334 e. The molecule has 23 heavy (non-hydrogen) atoms. The Morgan fingerprint density at radius 3 is 2.52 bits per heavy atom. The van der Waals surface area contributed by atoms with Crippen molar-refractivity contribution < 1.29 is 14.7 Å². The van der Waals surface area contributed by atoms with Crippen LogP contribution >= 0.6 is 11.3 Å². The van der Waals surface area contributed by atoms with E-state index in [-0.39, 0.29) is 6.42 Å². The second-order valence-electron chi connectivity index (χ2n) is 5.25.